The maximum absolute atomic E-state index is 12.1. The highest BCUT2D eigenvalue weighted by molar-refractivity contribution is 6.30. The molecule has 0 aliphatic carbocycles. The minimum atomic E-state index is -0.237. The summed E-state index contributed by atoms with van der Waals surface area (Å²) in [7, 11) is 1.71. The van der Waals surface area contributed by atoms with Crippen molar-refractivity contribution in [2.24, 2.45) is 7.05 Å². The summed E-state index contributed by atoms with van der Waals surface area (Å²) in [5, 5.41) is 7.28. The summed E-state index contributed by atoms with van der Waals surface area (Å²) in [6.07, 6.45) is 1.49. The lowest BCUT2D eigenvalue weighted by Crippen LogP contribution is -2.16. The van der Waals surface area contributed by atoms with E-state index in [0.29, 0.717) is 22.1 Å². The van der Waals surface area contributed by atoms with Crippen LogP contribution in [0.2, 0.25) is 5.02 Å². The molecule has 0 atom stereocenters. The number of hydrogen-bond donors (Lipinski definition) is 2. The van der Waals surface area contributed by atoms with E-state index in [9.17, 15) is 4.79 Å². The highest BCUT2D eigenvalue weighted by atomic mass is 35.5. The molecule has 2 aromatic rings. The van der Waals surface area contributed by atoms with E-state index in [-0.39, 0.29) is 5.91 Å². The monoisotopic (exact) mass is 264 g/mol. The van der Waals surface area contributed by atoms with Crippen molar-refractivity contribution in [3.63, 3.8) is 0 Å². The second kappa shape index (κ2) is 4.70. The minimum absolute atomic E-state index is 0.237. The summed E-state index contributed by atoms with van der Waals surface area (Å²) in [6, 6.07) is 5.10. The van der Waals surface area contributed by atoms with Crippen molar-refractivity contribution in [3.05, 3.63) is 40.5 Å². The van der Waals surface area contributed by atoms with Crippen LogP contribution in [0.5, 0.6) is 0 Å². The smallest absolute Gasteiger partial charge is 0.257 e. The van der Waals surface area contributed by atoms with Gasteiger partial charge in [0.1, 0.15) is 0 Å². The topological polar surface area (TPSA) is 72.9 Å². The Morgan fingerprint density at radius 2 is 2.22 bits per heavy atom. The molecule has 94 valence electrons. The predicted molar refractivity (Wildman–Crippen MR) is 71.8 cm³/mol. The molecule has 0 spiro atoms. The Hall–Kier alpha value is -2.01. The van der Waals surface area contributed by atoms with Gasteiger partial charge in [-0.1, -0.05) is 11.6 Å². The fraction of sp³-hybridized carbons (Fsp3) is 0.167. The van der Waals surface area contributed by atoms with Crippen molar-refractivity contribution in [1.82, 2.24) is 9.78 Å². The van der Waals surface area contributed by atoms with Gasteiger partial charge in [-0.05, 0) is 30.7 Å². The molecule has 0 radical (unpaired) electrons. The third-order valence-corrected chi connectivity index (χ3v) is 2.87. The maximum atomic E-state index is 12.1. The molecule has 5 nitrogen and oxygen atoms in total. The van der Waals surface area contributed by atoms with Gasteiger partial charge in [0.2, 0.25) is 0 Å². The molecule has 18 heavy (non-hydrogen) atoms. The van der Waals surface area contributed by atoms with Gasteiger partial charge >= 0.3 is 0 Å². The van der Waals surface area contributed by atoms with Crippen molar-refractivity contribution in [3.8, 4) is 0 Å². The summed E-state index contributed by atoms with van der Waals surface area (Å²) >= 11 is 5.85. The number of carbonyl (C=O) groups is 1. The van der Waals surface area contributed by atoms with Gasteiger partial charge in [-0.25, -0.2) is 0 Å². The minimum Gasteiger partial charge on any atom is -0.394 e. The third kappa shape index (κ3) is 2.31. The number of nitrogens with one attached hydrogen (secondary N) is 1. The number of anilines is 2. The van der Waals surface area contributed by atoms with Crippen LogP contribution in [-0.2, 0) is 7.05 Å². The van der Waals surface area contributed by atoms with Crippen LogP contribution in [0.15, 0.2) is 24.4 Å². The Balaban J connectivity index is 2.28. The van der Waals surface area contributed by atoms with Crippen LogP contribution in [0.4, 0.5) is 11.5 Å². The third-order valence-electron chi connectivity index (χ3n) is 2.63. The van der Waals surface area contributed by atoms with E-state index in [1.807, 2.05) is 6.92 Å². The first-order valence-corrected chi connectivity index (χ1v) is 5.72. The van der Waals surface area contributed by atoms with Crippen LogP contribution in [0.1, 0.15) is 15.9 Å². The quantitative estimate of drug-likeness (QED) is 0.873. The van der Waals surface area contributed by atoms with Crippen molar-refractivity contribution < 1.29 is 4.79 Å². The van der Waals surface area contributed by atoms with Gasteiger partial charge in [-0.15, -0.1) is 0 Å². The molecular formula is C12H13ClN4O. The van der Waals surface area contributed by atoms with Crippen LogP contribution >= 0.6 is 11.6 Å². The first-order chi connectivity index (χ1) is 8.49. The highest BCUT2D eigenvalue weighted by Gasteiger charge is 2.13. The fourth-order valence-electron chi connectivity index (χ4n) is 1.66. The lowest BCUT2D eigenvalue weighted by molar-refractivity contribution is 0.102. The summed E-state index contributed by atoms with van der Waals surface area (Å²) in [5.74, 6) is 0.244. The molecule has 0 bridgehead atoms. The average Bonchev–Trinajstić information content (AvgIpc) is 2.60. The zero-order valence-electron chi connectivity index (χ0n) is 10.1. The van der Waals surface area contributed by atoms with Crippen molar-refractivity contribution >= 4 is 29.0 Å². The van der Waals surface area contributed by atoms with E-state index in [1.165, 1.54) is 10.9 Å². The zero-order chi connectivity index (χ0) is 13.3. The van der Waals surface area contributed by atoms with Gasteiger partial charge < -0.3 is 11.1 Å². The predicted octanol–water partition coefficient (Wildman–Crippen LogP) is 2.22. The summed E-state index contributed by atoms with van der Waals surface area (Å²) in [5.41, 5.74) is 7.50. The Morgan fingerprint density at radius 1 is 1.50 bits per heavy atom. The summed E-state index contributed by atoms with van der Waals surface area (Å²) in [6.45, 7) is 1.83. The van der Waals surface area contributed by atoms with Crippen LogP contribution in [0.3, 0.4) is 0 Å². The molecule has 0 aliphatic heterocycles. The van der Waals surface area contributed by atoms with Crippen LogP contribution < -0.4 is 11.1 Å². The first kappa shape index (κ1) is 12.4. The van der Waals surface area contributed by atoms with E-state index >= 15 is 0 Å². The van der Waals surface area contributed by atoms with E-state index in [4.69, 9.17) is 17.3 Å². The Morgan fingerprint density at radius 3 is 2.78 bits per heavy atom. The molecule has 1 aromatic heterocycles. The highest BCUT2D eigenvalue weighted by Crippen LogP contribution is 2.19. The number of halogens is 1. The normalized spacial score (nSPS) is 10.4. The SMILES string of the molecule is Cc1cc(Cl)ccc1C(=O)Nc1c(N)cnn1C. The lowest BCUT2D eigenvalue weighted by atomic mass is 10.1. The number of nitrogen functional groups attached to an aromatic ring is 1. The molecule has 6 heteroatoms. The standard InChI is InChI=1S/C12H13ClN4O/c1-7-5-8(13)3-4-9(7)12(18)16-11-10(14)6-15-17(11)2/h3-6H,14H2,1-2H3,(H,16,18). The largest absolute Gasteiger partial charge is 0.394 e. The van der Waals surface area contributed by atoms with Crippen LogP contribution in [0, 0.1) is 6.92 Å². The number of aryl methyl sites for hydroxylation is 2. The molecule has 0 fully saturated rings. The van der Waals surface area contributed by atoms with Crippen LogP contribution in [0.25, 0.3) is 0 Å². The lowest BCUT2D eigenvalue weighted by Gasteiger charge is -2.08. The second-order valence-corrected chi connectivity index (χ2v) is 4.42. The van der Waals surface area contributed by atoms with Crippen molar-refractivity contribution in [2.75, 3.05) is 11.1 Å². The number of benzene rings is 1. The average molecular weight is 265 g/mol. The Kier molecular flexibility index (Phi) is 3.25. The molecule has 1 heterocycles. The van der Waals surface area contributed by atoms with Gasteiger partial charge in [-0.2, -0.15) is 5.10 Å². The van der Waals surface area contributed by atoms with Gasteiger partial charge in [0.05, 0.1) is 11.9 Å². The number of rotatable bonds is 2. The molecule has 2 rings (SSSR count). The number of aromatic nitrogens is 2. The molecule has 0 saturated carbocycles. The fourth-order valence-corrected chi connectivity index (χ4v) is 1.89. The zero-order valence-corrected chi connectivity index (χ0v) is 10.8. The van der Waals surface area contributed by atoms with Gasteiger partial charge in [-0.3, -0.25) is 9.48 Å². The maximum Gasteiger partial charge on any atom is 0.257 e. The van der Waals surface area contributed by atoms with E-state index < -0.39 is 0 Å². The number of nitrogens with two attached hydrogens (primary N) is 1. The molecule has 0 unspecified atom stereocenters. The second-order valence-electron chi connectivity index (χ2n) is 3.99. The summed E-state index contributed by atoms with van der Waals surface area (Å²) in [4.78, 5) is 12.1. The van der Waals surface area contributed by atoms with E-state index in [0.717, 1.165) is 5.56 Å². The molecule has 0 saturated heterocycles. The number of carbonyl (C=O) groups excluding carboxylic acids is 1. The van der Waals surface area contributed by atoms with Gasteiger partial charge in [0.25, 0.3) is 5.91 Å². The van der Waals surface area contributed by atoms with E-state index in [1.54, 1.807) is 25.2 Å². The molecular weight excluding hydrogens is 252 g/mol. The molecule has 0 aliphatic rings. The molecule has 3 N–H and O–H groups in total. The van der Waals surface area contributed by atoms with Crippen LogP contribution in [-0.4, -0.2) is 15.7 Å². The van der Waals surface area contributed by atoms with Crippen molar-refractivity contribution in [2.45, 2.75) is 6.92 Å². The number of hydrogen-bond acceptors (Lipinski definition) is 3. The molecule has 1 aromatic carbocycles. The molecule has 1 amide bonds. The Bertz CT molecular complexity index is 587. The van der Waals surface area contributed by atoms with Gasteiger partial charge in [0.15, 0.2) is 5.82 Å². The Labute approximate surface area is 110 Å². The first-order valence-electron chi connectivity index (χ1n) is 5.34. The van der Waals surface area contributed by atoms with Gasteiger partial charge in [0, 0.05) is 17.6 Å². The van der Waals surface area contributed by atoms with Crippen molar-refractivity contribution in [1.29, 1.82) is 0 Å². The van der Waals surface area contributed by atoms with E-state index in [2.05, 4.69) is 10.4 Å². The number of amides is 1. The number of nitrogens with zero attached hydrogens (tertiary/aromatic N) is 2. The summed E-state index contributed by atoms with van der Waals surface area (Å²) < 4.78 is 1.51.